The van der Waals surface area contributed by atoms with E-state index in [0.29, 0.717) is 16.5 Å². The van der Waals surface area contributed by atoms with E-state index in [1.165, 1.54) is 5.69 Å². The highest BCUT2D eigenvalue weighted by Crippen LogP contribution is 2.40. The fourth-order valence-electron chi connectivity index (χ4n) is 4.38. The van der Waals surface area contributed by atoms with Gasteiger partial charge in [0, 0.05) is 55.1 Å². The molecule has 0 atom stereocenters. The molecule has 2 aromatic carbocycles. The number of piperazine rings is 1. The van der Waals surface area contributed by atoms with Gasteiger partial charge in [-0.3, -0.25) is 4.79 Å². The number of likely N-dealkylation sites (N-methyl/N-ethyl adjacent to an activating group) is 1. The van der Waals surface area contributed by atoms with Crippen LogP contribution in [0.4, 0.5) is 11.4 Å². The van der Waals surface area contributed by atoms with Crippen molar-refractivity contribution < 1.29 is 4.79 Å². The van der Waals surface area contributed by atoms with Gasteiger partial charge in [-0.25, -0.2) is 0 Å². The third-order valence-electron chi connectivity index (χ3n) is 5.98. The maximum absolute atomic E-state index is 13.4. The summed E-state index contributed by atoms with van der Waals surface area (Å²) in [5.41, 5.74) is 3.53. The van der Waals surface area contributed by atoms with Crippen LogP contribution in [0.2, 0.25) is 10.0 Å². The Morgan fingerprint density at radius 2 is 1.67 bits per heavy atom. The van der Waals surface area contributed by atoms with E-state index in [9.17, 15) is 4.79 Å². The van der Waals surface area contributed by atoms with Crippen LogP contribution in [0.3, 0.4) is 0 Å². The number of amides is 1. The minimum atomic E-state index is -0.344. The minimum absolute atomic E-state index is 0.0200. The predicted octanol–water partition coefficient (Wildman–Crippen LogP) is 5.34. The predicted molar refractivity (Wildman–Crippen MR) is 127 cm³/mol. The largest absolute Gasteiger partial charge is 0.368 e. The molecule has 2 saturated heterocycles. The van der Waals surface area contributed by atoms with Crippen molar-refractivity contribution in [2.45, 2.75) is 25.8 Å². The number of benzene rings is 2. The summed E-state index contributed by atoms with van der Waals surface area (Å²) in [6.45, 7) is 8.24. The van der Waals surface area contributed by atoms with Crippen molar-refractivity contribution >= 4 is 46.6 Å². The molecule has 4 rings (SSSR count). The lowest BCUT2D eigenvalue weighted by atomic mass is 9.98. The van der Waals surface area contributed by atoms with Crippen LogP contribution >= 0.6 is 23.2 Å². The molecule has 2 aliphatic heterocycles. The monoisotopic (exact) mass is 443 g/mol. The lowest BCUT2D eigenvalue weighted by molar-refractivity contribution is -0.114. The van der Waals surface area contributed by atoms with Gasteiger partial charge < -0.3 is 14.7 Å². The van der Waals surface area contributed by atoms with Gasteiger partial charge in [-0.15, -0.1) is 0 Å². The molecule has 158 valence electrons. The number of nitrogens with zero attached hydrogens (tertiary/aromatic N) is 3. The molecule has 0 aromatic heterocycles. The number of para-hydroxylation sites is 1. The zero-order valence-corrected chi connectivity index (χ0v) is 19.2. The fourth-order valence-corrected chi connectivity index (χ4v) is 4.67. The molecule has 2 aliphatic rings. The van der Waals surface area contributed by atoms with Crippen molar-refractivity contribution in [3.63, 3.8) is 0 Å². The smallest absolute Gasteiger partial charge is 0.254 e. The van der Waals surface area contributed by atoms with Crippen molar-refractivity contribution in [2.24, 2.45) is 0 Å². The van der Waals surface area contributed by atoms with Crippen LogP contribution in [0.5, 0.6) is 0 Å². The van der Waals surface area contributed by atoms with Crippen LogP contribution in [0, 0.1) is 0 Å². The van der Waals surface area contributed by atoms with Crippen LogP contribution in [-0.2, 0) is 4.79 Å². The molecule has 2 aromatic rings. The van der Waals surface area contributed by atoms with Crippen molar-refractivity contribution in [1.82, 2.24) is 4.90 Å². The molecule has 0 saturated carbocycles. The van der Waals surface area contributed by atoms with E-state index in [1.54, 1.807) is 12.1 Å². The molecule has 0 radical (unpaired) electrons. The number of hydrogen-bond acceptors (Lipinski definition) is 3. The van der Waals surface area contributed by atoms with E-state index >= 15 is 0 Å². The van der Waals surface area contributed by atoms with Gasteiger partial charge >= 0.3 is 0 Å². The second-order valence-electron chi connectivity index (χ2n) is 8.75. The Kier molecular flexibility index (Phi) is 5.84. The second kappa shape index (κ2) is 8.26. The van der Waals surface area contributed by atoms with Gasteiger partial charge in [0.2, 0.25) is 0 Å². The molecular formula is C24H27Cl2N3O. The van der Waals surface area contributed by atoms with Crippen LogP contribution in [0.25, 0.3) is 6.08 Å². The maximum atomic E-state index is 13.4. The van der Waals surface area contributed by atoms with E-state index in [1.807, 2.05) is 17.0 Å². The zero-order chi connectivity index (χ0) is 21.5. The number of hydrogen-bond donors (Lipinski definition) is 0. The fraction of sp³-hybridized carbons (Fsp3) is 0.375. The SMILES string of the molecule is CN1CCN(c2ccccc2C=C2CC(C)(C)N(c3ccc(Cl)c(Cl)c3)C2=O)CC1. The van der Waals surface area contributed by atoms with Gasteiger partial charge in [0.15, 0.2) is 0 Å². The topological polar surface area (TPSA) is 26.8 Å². The standard InChI is InChI=1S/C24H27Cl2N3O/c1-24(2)16-18(23(30)29(24)19-8-9-20(25)21(26)15-19)14-17-6-4-5-7-22(17)28-12-10-27(3)11-13-28/h4-9,14-15H,10-13,16H2,1-3H3. The second-order valence-corrected chi connectivity index (χ2v) is 9.56. The summed E-state index contributed by atoms with van der Waals surface area (Å²) in [5.74, 6) is 0.0200. The summed E-state index contributed by atoms with van der Waals surface area (Å²) in [6.07, 6.45) is 2.73. The molecule has 1 amide bonds. The van der Waals surface area contributed by atoms with Crippen molar-refractivity contribution in [3.8, 4) is 0 Å². The lowest BCUT2D eigenvalue weighted by Crippen LogP contribution is -2.44. The number of rotatable bonds is 3. The maximum Gasteiger partial charge on any atom is 0.254 e. The van der Waals surface area contributed by atoms with Gasteiger partial charge in [0.25, 0.3) is 5.91 Å². The molecule has 30 heavy (non-hydrogen) atoms. The molecule has 0 bridgehead atoms. The molecule has 6 heteroatoms. The highest BCUT2D eigenvalue weighted by Gasteiger charge is 2.42. The third-order valence-corrected chi connectivity index (χ3v) is 6.72. The average molecular weight is 444 g/mol. The van der Waals surface area contributed by atoms with Gasteiger partial charge in [-0.1, -0.05) is 41.4 Å². The Hall–Kier alpha value is -2.01. The molecule has 2 fully saturated rings. The van der Waals surface area contributed by atoms with Gasteiger partial charge in [0.05, 0.1) is 10.0 Å². The van der Waals surface area contributed by atoms with E-state index in [-0.39, 0.29) is 11.4 Å². The van der Waals surface area contributed by atoms with Gasteiger partial charge in [-0.05, 0) is 56.8 Å². The first kappa shape index (κ1) is 21.2. The van der Waals surface area contributed by atoms with Crippen molar-refractivity contribution in [3.05, 3.63) is 63.6 Å². The zero-order valence-electron chi connectivity index (χ0n) is 17.7. The summed E-state index contributed by atoms with van der Waals surface area (Å²) in [5, 5.41) is 0.942. The molecule has 0 aliphatic carbocycles. The van der Waals surface area contributed by atoms with Gasteiger partial charge in [-0.2, -0.15) is 0 Å². The molecule has 0 spiro atoms. The van der Waals surface area contributed by atoms with Crippen LogP contribution in [0.1, 0.15) is 25.8 Å². The highest BCUT2D eigenvalue weighted by atomic mass is 35.5. The molecule has 2 heterocycles. The van der Waals surface area contributed by atoms with E-state index in [0.717, 1.165) is 43.0 Å². The number of carbonyl (C=O) groups excluding carboxylic acids is 1. The number of halogens is 2. The lowest BCUT2D eigenvalue weighted by Gasteiger charge is -2.35. The summed E-state index contributed by atoms with van der Waals surface area (Å²) >= 11 is 12.3. The average Bonchev–Trinajstić information content (AvgIpc) is 2.93. The van der Waals surface area contributed by atoms with Crippen molar-refractivity contribution in [1.29, 1.82) is 0 Å². The molecule has 0 unspecified atom stereocenters. The highest BCUT2D eigenvalue weighted by molar-refractivity contribution is 6.42. The first-order valence-corrected chi connectivity index (χ1v) is 11.0. The van der Waals surface area contributed by atoms with Crippen LogP contribution in [-0.4, -0.2) is 49.6 Å². The van der Waals surface area contributed by atoms with E-state index in [2.05, 4.69) is 55.0 Å². The summed E-state index contributed by atoms with van der Waals surface area (Å²) in [4.78, 5) is 20.0. The Balaban J connectivity index is 1.67. The summed E-state index contributed by atoms with van der Waals surface area (Å²) < 4.78 is 0. The number of anilines is 2. The normalized spacial score (nSPS) is 21.0. The van der Waals surface area contributed by atoms with Crippen LogP contribution < -0.4 is 9.80 Å². The number of carbonyl (C=O) groups is 1. The summed E-state index contributed by atoms with van der Waals surface area (Å²) in [7, 11) is 2.15. The molecule has 0 N–H and O–H groups in total. The first-order chi connectivity index (χ1) is 14.3. The quantitative estimate of drug-likeness (QED) is 0.598. The minimum Gasteiger partial charge on any atom is -0.368 e. The first-order valence-electron chi connectivity index (χ1n) is 10.3. The Bertz CT molecular complexity index is 994. The molecular weight excluding hydrogens is 417 g/mol. The van der Waals surface area contributed by atoms with Crippen LogP contribution in [0.15, 0.2) is 48.0 Å². The Morgan fingerprint density at radius 3 is 2.37 bits per heavy atom. The van der Waals surface area contributed by atoms with Crippen molar-refractivity contribution in [2.75, 3.05) is 43.0 Å². The summed E-state index contributed by atoms with van der Waals surface area (Å²) in [6, 6.07) is 13.7. The Labute approximate surface area is 188 Å². The van der Waals surface area contributed by atoms with Gasteiger partial charge in [0.1, 0.15) is 0 Å². The molecule has 4 nitrogen and oxygen atoms in total. The Morgan fingerprint density at radius 1 is 0.967 bits per heavy atom. The van der Waals surface area contributed by atoms with E-state index in [4.69, 9.17) is 23.2 Å². The third kappa shape index (κ3) is 4.09. The van der Waals surface area contributed by atoms with E-state index < -0.39 is 0 Å².